The summed E-state index contributed by atoms with van der Waals surface area (Å²) in [6, 6.07) is 8.55. The fraction of sp³-hybridized carbons (Fsp3) is 0.267. The molecule has 0 fully saturated rings. The molecule has 0 bridgehead atoms. The molecule has 0 saturated carbocycles. The van der Waals surface area contributed by atoms with E-state index in [-0.39, 0.29) is 17.5 Å². The fourth-order valence-corrected chi connectivity index (χ4v) is 1.89. The first-order chi connectivity index (χ1) is 10.0. The lowest BCUT2D eigenvalue weighted by Gasteiger charge is -2.11. The molecule has 1 unspecified atom stereocenters. The van der Waals surface area contributed by atoms with Gasteiger partial charge in [0.25, 0.3) is 0 Å². The van der Waals surface area contributed by atoms with E-state index in [1.54, 1.807) is 31.3 Å². The number of aromatic nitrogens is 1. The molecule has 1 aromatic heterocycles. The first-order valence-electron chi connectivity index (χ1n) is 6.58. The molecule has 6 heteroatoms. The van der Waals surface area contributed by atoms with Crippen molar-refractivity contribution < 1.29 is 9.66 Å². The molecule has 21 heavy (non-hydrogen) atoms. The van der Waals surface area contributed by atoms with Gasteiger partial charge >= 0.3 is 5.69 Å². The van der Waals surface area contributed by atoms with Gasteiger partial charge < -0.3 is 10.1 Å². The number of aryl methyl sites for hydroxylation is 1. The van der Waals surface area contributed by atoms with Crippen molar-refractivity contribution in [1.29, 1.82) is 0 Å². The van der Waals surface area contributed by atoms with Crippen molar-refractivity contribution in [3.05, 3.63) is 57.9 Å². The minimum absolute atomic E-state index is 0.0531. The predicted molar refractivity (Wildman–Crippen MR) is 79.6 cm³/mol. The summed E-state index contributed by atoms with van der Waals surface area (Å²) in [6.07, 6.45) is 1.57. The van der Waals surface area contributed by atoms with Gasteiger partial charge in [0.1, 0.15) is 5.75 Å². The molecule has 6 nitrogen and oxygen atoms in total. The van der Waals surface area contributed by atoms with Crippen molar-refractivity contribution in [2.45, 2.75) is 19.9 Å². The second-order valence-electron chi connectivity index (χ2n) is 4.71. The Hall–Kier alpha value is -2.47. The molecule has 110 valence electrons. The van der Waals surface area contributed by atoms with Crippen molar-refractivity contribution in [3.63, 3.8) is 0 Å². The molecule has 1 heterocycles. The van der Waals surface area contributed by atoms with Crippen LogP contribution in [0, 0.1) is 17.0 Å². The first kappa shape index (κ1) is 14.9. The number of nitro benzene ring substituents is 1. The number of benzene rings is 1. The van der Waals surface area contributed by atoms with Crippen molar-refractivity contribution >= 4 is 5.69 Å². The van der Waals surface area contributed by atoms with Gasteiger partial charge in [-0.1, -0.05) is 12.1 Å². The normalized spacial score (nSPS) is 12.0. The third-order valence-electron chi connectivity index (χ3n) is 3.24. The van der Waals surface area contributed by atoms with Gasteiger partial charge in [0.05, 0.1) is 16.8 Å². The summed E-state index contributed by atoms with van der Waals surface area (Å²) < 4.78 is 5.65. The Morgan fingerprint density at radius 1 is 1.33 bits per heavy atom. The summed E-state index contributed by atoms with van der Waals surface area (Å²) in [5, 5.41) is 14.1. The van der Waals surface area contributed by atoms with Crippen molar-refractivity contribution in [3.8, 4) is 11.5 Å². The van der Waals surface area contributed by atoms with Gasteiger partial charge in [0, 0.05) is 12.1 Å². The van der Waals surface area contributed by atoms with E-state index in [9.17, 15) is 10.1 Å². The molecule has 0 radical (unpaired) electrons. The summed E-state index contributed by atoms with van der Waals surface area (Å²) >= 11 is 0. The van der Waals surface area contributed by atoms with Crippen LogP contribution < -0.4 is 10.1 Å². The Labute approximate surface area is 122 Å². The average molecular weight is 287 g/mol. The zero-order valence-electron chi connectivity index (χ0n) is 12.2. The molecule has 1 atom stereocenters. The largest absolute Gasteiger partial charge is 0.448 e. The molecule has 2 aromatic rings. The number of hydrogen-bond acceptors (Lipinski definition) is 5. The molecule has 1 N–H and O–H groups in total. The van der Waals surface area contributed by atoms with Crippen LogP contribution in [0.5, 0.6) is 11.5 Å². The quantitative estimate of drug-likeness (QED) is 0.674. The monoisotopic (exact) mass is 287 g/mol. The van der Waals surface area contributed by atoms with E-state index in [1.807, 2.05) is 20.0 Å². The highest BCUT2D eigenvalue weighted by molar-refractivity contribution is 5.52. The highest BCUT2D eigenvalue weighted by Gasteiger charge is 2.18. The van der Waals surface area contributed by atoms with Crippen LogP contribution in [0.2, 0.25) is 0 Å². The number of rotatable bonds is 5. The molecule has 0 aliphatic carbocycles. The predicted octanol–water partition coefficient (Wildman–Crippen LogP) is 3.37. The second kappa shape index (κ2) is 6.32. The molecule has 0 aliphatic heterocycles. The zero-order chi connectivity index (χ0) is 15.4. The lowest BCUT2D eigenvalue weighted by Crippen LogP contribution is -2.13. The van der Waals surface area contributed by atoms with Crippen LogP contribution in [0.15, 0.2) is 36.5 Å². The summed E-state index contributed by atoms with van der Waals surface area (Å²) in [5.74, 6) is 0.721. The third kappa shape index (κ3) is 3.35. The Morgan fingerprint density at radius 2 is 2.10 bits per heavy atom. The van der Waals surface area contributed by atoms with Crippen molar-refractivity contribution in [2.75, 3.05) is 7.05 Å². The molecule has 0 amide bonds. The molecular formula is C15H17N3O3. The Bertz CT molecular complexity index is 641. The van der Waals surface area contributed by atoms with Gasteiger partial charge in [-0.05, 0) is 38.6 Å². The standard InChI is InChI=1S/C15H17N3O3/c1-10-5-4-6-14(18(19)20)15(10)21-12-7-8-13(17-9-12)11(2)16-3/h4-9,11,16H,1-3H3. The van der Waals surface area contributed by atoms with Gasteiger partial charge in [-0.2, -0.15) is 0 Å². The van der Waals surface area contributed by atoms with E-state index in [0.717, 1.165) is 5.69 Å². The minimum Gasteiger partial charge on any atom is -0.448 e. The molecule has 0 spiro atoms. The number of pyridine rings is 1. The van der Waals surface area contributed by atoms with E-state index in [0.29, 0.717) is 11.3 Å². The molecule has 1 aromatic carbocycles. The molecule has 0 aliphatic rings. The zero-order valence-corrected chi connectivity index (χ0v) is 12.2. The topological polar surface area (TPSA) is 77.3 Å². The van der Waals surface area contributed by atoms with E-state index in [4.69, 9.17) is 4.74 Å². The van der Waals surface area contributed by atoms with Gasteiger partial charge in [-0.15, -0.1) is 0 Å². The maximum atomic E-state index is 11.0. The Kier molecular flexibility index (Phi) is 4.49. The Balaban J connectivity index is 2.28. The van der Waals surface area contributed by atoms with Gasteiger partial charge in [-0.3, -0.25) is 15.1 Å². The highest BCUT2D eigenvalue weighted by atomic mass is 16.6. The first-order valence-corrected chi connectivity index (χ1v) is 6.58. The summed E-state index contributed by atoms with van der Waals surface area (Å²) in [6.45, 7) is 3.77. The van der Waals surface area contributed by atoms with Crippen LogP contribution in [0.25, 0.3) is 0 Å². The fourth-order valence-electron chi connectivity index (χ4n) is 1.89. The summed E-state index contributed by atoms with van der Waals surface area (Å²) in [4.78, 5) is 14.9. The third-order valence-corrected chi connectivity index (χ3v) is 3.24. The van der Waals surface area contributed by atoms with Crippen LogP contribution >= 0.6 is 0 Å². The van der Waals surface area contributed by atoms with Crippen LogP contribution in [-0.2, 0) is 0 Å². The number of nitro groups is 1. The average Bonchev–Trinajstić information content (AvgIpc) is 2.49. The number of nitrogens with one attached hydrogen (secondary N) is 1. The molecular weight excluding hydrogens is 270 g/mol. The smallest absolute Gasteiger partial charge is 0.311 e. The van der Waals surface area contributed by atoms with E-state index >= 15 is 0 Å². The van der Waals surface area contributed by atoms with Gasteiger partial charge in [0.15, 0.2) is 0 Å². The summed E-state index contributed by atoms with van der Waals surface area (Å²) in [7, 11) is 1.85. The van der Waals surface area contributed by atoms with Gasteiger partial charge in [-0.25, -0.2) is 0 Å². The number of ether oxygens (including phenoxy) is 1. The minimum atomic E-state index is -0.451. The van der Waals surface area contributed by atoms with Crippen molar-refractivity contribution in [2.24, 2.45) is 0 Å². The lowest BCUT2D eigenvalue weighted by molar-refractivity contribution is -0.385. The maximum absolute atomic E-state index is 11.0. The Morgan fingerprint density at radius 3 is 2.67 bits per heavy atom. The SMILES string of the molecule is CNC(C)c1ccc(Oc2c(C)cccc2[N+](=O)[O-])cn1. The van der Waals surface area contributed by atoms with Crippen molar-refractivity contribution in [1.82, 2.24) is 10.3 Å². The van der Waals surface area contributed by atoms with Crippen LogP contribution in [0.4, 0.5) is 5.69 Å². The van der Waals surface area contributed by atoms with Crippen LogP contribution in [0.1, 0.15) is 24.2 Å². The lowest BCUT2D eigenvalue weighted by atomic mass is 10.2. The van der Waals surface area contributed by atoms with E-state index < -0.39 is 4.92 Å². The molecule has 2 rings (SSSR count). The van der Waals surface area contributed by atoms with Gasteiger partial charge in [0.2, 0.25) is 5.75 Å². The van der Waals surface area contributed by atoms with Crippen LogP contribution in [-0.4, -0.2) is 17.0 Å². The van der Waals surface area contributed by atoms with E-state index in [2.05, 4.69) is 10.3 Å². The maximum Gasteiger partial charge on any atom is 0.311 e. The molecule has 0 saturated heterocycles. The number of hydrogen-bond donors (Lipinski definition) is 1. The summed E-state index contributed by atoms with van der Waals surface area (Å²) in [5.41, 5.74) is 1.53. The number of nitrogens with zero attached hydrogens (tertiary/aromatic N) is 2. The number of para-hydroxylation sites is 1. The van der Waals surface area contributed by atoms with Crippen LogP contribution in [0.3, 0.4) is 0 Å². The second-order valence-corrected chi connectivity index (χ2v) is 4.71. The van der Waals surface area contributed by atoms with E-state index in [1.165, 1.54) is 6.07 Å². The highest BCUT2D eigenvalue weighted by Crippen LogP contribution is 2.34.